The number of hydrogen-bond acceptors (Lipinski definition) is 3. The van der Waals surface area contributed by atoms with Gasteiger partial charge in [0.1, 0.15) is 11.6 Å². The van der Waals surface area contributed by atoms with Crippen LogP contribution in [0.5, 0.6) is 5.75 Å². The molecule has 0 aliphatic carbocycles. The van der Waals surface area contributed by atoms with Crippen molar-refractivity contribution in [3.63, 3.8) is 0 Å². The standard InChI is InChI=1S/C9H10FN3O2S/c1-15-5-2-3-6(7(10)4-5)8(14)12-13-9(11)16/h2-4H,1H3,(H,12,14)(H3,11,13,16). The highest BCUT2D eigenvalue weighted by Gasteiger charge is 2.12. The Kier molecular flexibility index (Phi) is 4.01. The predicted molar refractivity (Wildman–Crippen MR) is 60.3 cm³/mol. The lowest BCUT2D eigenvalue weighted by molar-refractivity contribution is 0.0940. The summed E-state index contributed by atoms with van der Waals surface area (Å²) in [6.45, 7) is 0. The average Bonchev–Trinajstić information content (AvgIpc) is 2.25. The SMILES string of the molecule is COc1ccc(C(=O)NNC(N)=S)c(F)c1. The third-order valence-electron chi connectivity index (χ3n) is 1.72. The number of rotatable bonds is 2. The minimum Gasteiger partial charge on any atom is -0.497 e. The van der Waals surface area contributed by atoms with Gasteiger partial charge in [0.25, 0.3) is 5.91 Å². The number of thiocarbonyl (C=S) groups is 1. The molecule has 0 aliphatic rings. The van der Waals surface area contributed by atoms with Gasteiger partial charge in [-0.15, -0.1) is 0 Å². The summed E-state index contributed by atoms with van der Waals surface area (Å²) in [6.07, 6.45) is 0. The average molecular weight is 243 g/mol. The fraction of sp³-hybridized carbons (Fsp3) is 0.111. The normalized spacial score (nSPS) is 9.38. The zero-order valence-corrected chi connectivity index (χ0v) is 9.23. The molecule has 1 rings (SSSR count). The fourth-order valence-electron chi connectivity index (χ4n) is 0.993. The van der Waals surface area contributed by atoms with Crippen LogP contribution in [0.2, 0.25) is 0 Å². The molecule has 7 heteroatoms. The number of hydrogen-bond donors (Lipinski definition) is 3. The van der Waals surface area contributed by atoms with Crippen LogP contribution in [0.1, 0.15) is 10.4 Å². The fourth-order valence-corrected chi connectivity index (χ4v) is 1.04. The number of benzene rings is 1. The largest absolute Gasteiger partial charge is 0.497 e. The molecule has 86 valence electrons. The summed E-state index contributed by atoms with van der Waals surface area (Å²) in [6, 6.07) is 3.87. The Balaban J connectivity index is 2.79. The Morgan fingerprint density at radius 2 is 2.19 bits per heavy atom. The van der Waals surface area contributed by atoms with Crippen molar-refractivity contribution in [1.82, 2.24) is 10.9 Å². The van der Waals surface area contributed by atoms with Crippen molar-refractivity contribution in [3.8, 4) is 5.75 Å². The van der Waals surface area contributed by atoms with E-state index in [0.29, 0.717) is 5.75 Å². The van der Waals surface area contributed by atoms with Crippen LogP contribution >= 0.6 is 12.2 Å². The van der Waals surface area contributed by atoms with Crippen molar-refractivity contribution >= 4 is 23.2 Å². The van der Waals surface area contributed by atoms with Gasteiger partial charge in [-0.3, -0.25) is 15.6 Å². The van der Waals surface area contributed by atoms with Crippen LogP contribution < -0.4 is 21.3 Å². The molecule has 0 saturated carbocycles. The van der Waals surface area contributed by atoms with Gasteiger partial charge in [-0.05, 0) is 24.4 Å². The summed E-state index contributed by atoms with van der Waals surface area (Å²) in [5.41, 5.74) is 9.31. The first-order chi connectivity index (χ1) is 7.54. The molecular formula is C9H10FN3O2S. The smallest absolute Gasteiger partial charge is 0.272 e. The molecule has 0 heterocycles. The molecule has 0 saturated heterocycles. The van der Waals surface area contributed by atoms with Crippen molar-refractivity contribution in [3.05, 3.63) is 29.6 Å². The third kappa shape index (κ3) is 3.06. The number of amides is 1. The van der Waals surface area contributed by atoms with Crippen LogP contribution in [0.3, 0.4) is 0 Å². The Morgan fingerprint density at radius 3 is 2.69 bits per heavy atom. The first-order valence-corrected chi connectivity index (χ1v) is 4.64. The highest BCUT2D eigenvalue weighted by molar-refractivity contribution is 7.80. The van der Waals surface area contributed by atoms with Gasteiger partial charge in [-0.1, -0.05) is 0 Å². The van der Waals surface area contributed by atoms with Crippen LogP contribution in [0.15, 0.2) is 18.2 Å². The van der Waals surface area contributed by atoms with Crippen LogP contribution in [0.25, 0.3) is 0 Å². The number of nitrogens with two attached hydrogens (primary N) is 1. The van der Waals surface area contributed by atoms with Crippen molar-refractivity contribution in [2.75, 3.05) is 7.11 Å². The third-order valence-corrected chi connectivity index (χ3v) is 1.82. The lowest BCUT2D eigenvalue weighted by atomic mass is 10.2. The molecule has 0 atom stereocenters. The molecule has 1 amide bonds. The quantitative estimate of drug-likeness (QED) is 0.515. The maximum absolute atomic E-state index is 13.4. The molecule has 0 unspecified atom stereocenters. The van der Waals surface area contributed by atoms with Crippen LogP contribution in [0.4, 0.5) is 4.39 Å². The van der Waals surface area contributed by atoms with Crippen molar-refractivity contribution in [2.45, 2.75) is 0 Å². The second-order valence-corrected chi connectivity index (χ2v) is 3.23. The summed E-state index contributed by atoms with van der Waals surface area (Å²) in [7, 11) is 1.41. The number of carbonyl (C=O) groups excluding carboxylic acids is 1. The number of carbonyl (C=O) groups is 1. The van der Waals surface area contributed by atoms with Gasteiger partial charge in [-0.2, -0.15) is 0 Å². The maximum Gasteiger partial charge on any atom is 0.272 e. The first kappa shape index (κ1) is 12.2. The zero-order valence-electron chi connectivity index (χ0n) is 8.41. The van der Waals surface area contributed by atoms with Crippen LogP contribution in [0, 0.1) is 5.82 Å². The van der Waals surface area contributed by atoms with Gasteiger partial charge in [0.15, 0.2) is 5.11 Å². The van der Waals surface area contributed by atoms with E-state index < -0.39 is 11.7 Å². The predicted octanol–water partition coefficient (Wildman–Crippen LogP) is 0.312. The van der Waals surface area contributed by atoms with Gasteiger partial charge in [-0.25, -0.2) is 4.39 Å². The molecule has 0 fully saturated rings. The van der Waals surface area contributed by atoms with Gasteiger partial charge in [0, 0.05) is 6.07 Å². The highest BCUT2D eigenvalue weighted by atomic mass is 32.1. The summed E-state index contributed by atoms with van der Waals surface area (Å²) in [4.78, 5) is 11.4. The monoisotopic (exact) mass is 243 g/mol. The second kappa shape index (κ2) is 5.26. The van der Waals surface area contributed by atoms with E-state index in [9.17, 15) is 9.18 Å². The summed E-state index contributed by atoms with van der Waals surface area (Å²) in [5, 5.41) is -0.109. The molecule has 0 aliphatic heterocycles. The number of hydrazine groups is 1. The number of ether oxygens (including phenoxy) is 1. The summed E-state index contributed by atoms with van der Waals surface area (Å²) >= 11 is 4.47. The van der Waals surface area contributed by atoms with Gasteiger partial charge >= 0.3 is 0 Å². The van der Waals surface area contributed by atoms with Crippen molar-refractivity contribution < 1.29 is 13.9 Å². The molecule has 0 spiro atoms. The molecule has 1 aromatic rings. The summed E-state index contributed by atoms with van der Waals surface area (Å²) < 4.78 is 18.2. The molecule has 0 bridgehead atoms. The molecule has 1 aromatic carbocycles. The first-order valence-electron chi connectivity index (χ1n) is 4.24. The van der Waals surface area contributed by atoms with Crippen LogP contribution in [-0.4, -0.2) is 18.1 Å². The molecule has 0 radical (unpaired) electrons. The molecule has 0 aromatic heterocycles. The van der Waals surface area contributed by atoms with Crippen molar-refractivity contribution in [2.24, 2.45) is 5.73 Å². The Hall–Kier alpha value is -1.89. The molecule has 5 nitrogen and oxygen atoms in total. The summed E-state index contributed by atoms with van der Waals surface area (Å²) in [5.74, 6) is -1.04. The van der Waals surface area contributed by atoms with Crippen molar-refractivity contribution in [1.29, 1.82) is 0 Å². The minimum absolute atomic E-state index is 0.109. The van der Waals surface area contributed by atoms with E-state index in [2.05, 4.69) is 23.1 Å². The van der Waals surface area contributed by atoms with E-state index in [-0.39, 0.29) is 10.7 Å². The lowest BCUT2D eigenvalue weighted by Crippen LogP contribution is -2.44. The molecule has 16 heavy (non-hydrogen) atoms. The van der Waals surface area contributed by atoms with E-state index in [0.717, 1.165) is 6.07 Å². The molecular weight excluding hydrogens is 233 g/mol. The number of nitrogens with one attached hydrogen (secondary N) is 2. The van der Waals surface area contributed by atoms with Gasteiger partial charge in [0.2, 0.25) is 0 Å². The van der Waals surface area contributed by atoms with E-state index in [1.807, 2.05) is 0 Å². The van der Waals surface area contributed by atoms with E-state index in [1.165, 1.54) is 19.2 Å². The van der Waals surface area contributed by atoms with E-state index in [1.54, 1.807) is 0 Å². The maximum atomic E-state index is 13.4. The van der Waals surface area contributed by atoms with E-state index >= 15 is 0 Å². The zero-order chi connectivity index (χ0) is 12.1. The van der Waals surface area contributed by atoms with Gasteiger partial charge < -0.3 is 10.5 Å². The number of methoxy groups -OCH3 is 1. The Bertz CT molecular complexity index is 425. The van der Waals surface area contributed by atoms with E-state index in [4.69, 9.17) is 10.5 Å². The minimum atomic E-state index is -0.693. The second-order valence-electron chi connectivity index (χ2n) is 2.79. The topological polar surface area (TPSA) is 76.4 Å². The number of halogens is 1. The lowest BCUT2D eigenvalue weighted by Gasteiger charge is -2.07. The Labute approximate surface area is 96.7 Å². The Morgan fingerprint density at radius 1 is 1.50 bits per heavy atom. The highest BCUT2D eigenvalue weighted by Crippen LogP contribution is 2.15. The van der Waals surface area contributed by atoms with Gasteiger partial charge in [0.05, 0.1) is 12.7 Å². The molecule has 4 N–H and O–H groups in total. The van der Waals surface area contributed by atoms with Crippen LogP contribution in [-0.2, 0) is 0 Å².